The molecular weight excluding hydrogens is 426 g/mol. The maximum atomic E-state index is 12.3. The number of ether oxygens (including phenoxy) is 2. The first-order valence-electron chi connectivity index (χ1n) is 8.79. The zero-order valence-corrected chi connectivity index (χ0v) is 17.2. The molecule has 0 saturated carbocycles. The van der Waals surface area contributed by atoms with Crippen LogP contribution in [0.3, 0.4) is 0 Å². The van der Waals surface area contributed by atoms with E-state index < -0.39 is 11.9 Å². The van der Waals surface area contributed by atoms with Crippen molar-refractivity contribution in [2.45, 2.75) is 13.3 Å². The second kappa shape index (κ2) is 8.56. The lowest BCUT2D eigenvalue weighted by Gasteiger charge is -2.16. The van der Waals surface area contributed by atoms with Gasteiger partial charge in [0.25, 0.3) is 0 Å². The maximum absolute atomic E-state index is 12.3. The number of nitrogens with zero attached hydrogens (tertiary/aromatic N) is 1. The molecule has 7 heteroatoms. The third-order valence-electron chi connectivity index (χ3n) is 4.62. The Balaban J connectivity index is 1.58. The van der Waals surface area contributed by atoms with Crippen LogP contribution < -0.4 is 9.64 Å². The van der Waals surface area contributed by atoms with Gasteiger partial charge in [0.15, 0.2) is 12.4 Å². The molecule has 146 valence electrons. The fourth-order valence-corrected chi connectivity index (χ4v) is 3.56. The summed E-state index contributed by atoms with van der Waals surface area (Å²) >= 11 is 3.32. The molecular formula is C21H20BrNO5. The first-order valence-corrected chi connectivity index (χ1v) is 9.58. The second-order valence-corrected chi connectivity index (χ2v) is 7.48. The number of aryl methyl sites for hydroxylation is 1. The van der Waals surface area contributed by atoms with Crippen molar-refractivity contribution in [3.63, 3.8) is 0 Å². The van der Waals surface area contributed by atoms with Gasteiger partial charge in [-0.15, -0.1) is 0 Å². The number of benzene rings is 2. The Morgan fingerprint density at radius 1 is 1.18 bits per heavy atom. The predicted molar refractivity (Wildman–Crippen MR) is 108 cm³/mol. The average Bonchev–Trinajstić information content (AvgIpc) is 3.08. The van der Waals surface area contributed by atoms with Crippen LogP contribution in [0, 0.1) is 12.8 Å². The van der Waals surface area contributed by atoms with Gasteiger partial charge in [0.1, 0.15) is 5.75 Å². The summed E-state index contributed by atoms with van der Waals surface area (Å²) in [7, 11) is 1.53. The molecule has 0 radical (unpaired) electrons. The number of carbonyl (C=O) groups is 3. The third-order valence-corrected chi connectivity index (χ3v) is 5.24. The highest BCUT2D eigenvalue weighted by Gasteiger charge is 2.36. The Hall–Kier alpha value is -2.67. The van der Waals surface area contributed by atoms with Crippen LogP contribution >= 0.6 is 15.9 Å². The van der Waals surface area contributed by atoms with E-state index in [0.29, 0.717) is 15.8 Å². The quantitative estimate of drug-likeness (QED) is 0.502. The SMILES string of the molecule is COc1ccc(C(=O)COC(=O)[C@@H]2CC(=O)N(c3ccc(C)cc3)C2)cc1Br. The number of carbonyl (C=O) groups excluding carboxylic acids is 3. The molecule has 0 unspecified atom stereocenters. The Labute approximate surface area is 171 Å². The van der Waals surface area contributed by atoms with Gasteiger partial charge >= 0.3 is 5.97 Å². The lowest BCUT2D eigenvalue weighted by Crippen LogP contribution is -2.27. The molecule has 1 saturated heterocycles. The molecule has 1 fully saturated rings. The lowest BCUT2D eigenvalue weighted by atomic mass is 10.1. The van der Waals surface area contributed by atoms with Crippen LogP contribution in [0.1, 0.15) is 22.3 Å². The van der Waals surface area contributed by atoms with E-state index >= 15 is 0 Å². The summed E-state index contributed by atoms with van der Waals surface area (Å²) in [5, 5.41) is 0. The van der Waals surface area contributed by atoms with E-state index in [0.717, 1.165) is 11.3 Å². The number of hydrogen-bond donors (Lipinski definition) is 0. The molecule has 6 nitrogen and oxygen atoms in total. The number of esters is 1. The minimum absolute atomic E-state index is 0.0784. The maximum Gasteiger partial charge on any atom is 0.311 e. The van der Waals surface area contributed by atoms with Gasteiger partial charge < -0.3 is 14.4 Å². The van der Waals surface area contributed by atoms with Crippen LogP contribution in [0.5, 0.6) is 5.75 Å². The van der Waals surface area contributed by atoms with Gasteiger partial charge in [0.2, 0.25) is 5.91 Å². The largest absolute Gasteiger partial charge is 0.496 e. The van der Waals surface area contributed by atoms with Crippen molar-refractivity contribution >= 4 is 39.3 Å². The predicted octanol–water partition coefficient (Wildman–Crippen LogP) is 3.55. The minimum atomic E-state index is -0.579. The molecule has 28 heavy (non-hydrogen) atoms. The van der Waals surface area contributed by atoms with Crippen molar-refractivity contribution < 1.29 is 23.9 Å². The van der Waals surface area contributed by atoms with Crippen molar-refractivity contribution in [1.82, 2.24) is 0 Å². The minimum Gasteiger partial charge on any atom is -0.496 e. The van der Waals surface area contributed by atoms with Crippen molar-refractivity contribution in [2.24, 2.45) is 5.92 Å². The topological polar surface area (TPSA) is 72.9 Å². The summed E-state index contributed by atoms with van der Waals surface area (Å²) in [6.07, 6.45) is 0.0784. The Morgan fingerprint density at radius 2 is 1.89 bits per heavy atom. The molecule has 1 heterocycles. The van der Waals surface area contributed by atoms with Gasteiger partial charge in [-0.25, -0.2) is 0 Å². The van der Waals surface area contributed by atoms with Gasteiger partial charge in [-0.05, 0) is 53.2 Å². The molecule has 0 N–H and O–H groups in total. The van der Waals surface area contributed by atoms with Crippen molar-refractivity contribution in [2.75, 3.05) is 25.2 Å². The van der Waals surface area contributed by atoms with E-state index in [1.165, 1.54) is 7.11 Å². The molecule has 1 aliphatic heterocycles. The summed E-state index contributed by atoms with van der Waals surface area (Å²) in [6.45, 7) is 1.85. The van der Waals surface area contributed by atoms with Crippen LogP contribution in [0.4, 0.5) is 5.69 Å². The van der Waals surface area contributed by atoms with Gasteiger partial charge in [-0.3, -0.25) is 14.4 Å². The number of anilines is 1. The highest BCUT2D eigenvalue weighted by molar-refractivity contribution is 9.10. The summed E-state index contributed by atoms with van der Waals surface area (Å²) in [5.74, 6) is -0.963. The van der Waals surface area contributed by atoms with E-state index in [2.05, 4.69) is 15.9 Å². The second-order valence-electron chi connectivity index (χ2n) is 6.62. The number of rotatable bonds is 6. The zero-order chi connectivity index (χ0) is 20.3. The molecule has 3 rings (SSSR count). The molecule has 2 aromatic rings. The van der Waals surface area contributed by atoms with E-state index in [9.17, 15) is 14.4 Å². The summed E-state index contributed by atoms with van der Waals surface area (Å²) in [4.78, 5) is 38.5. The molecule has 0 aliphatic carbocycles. The molecule has 2 aromatic carbocycles. The first kappa shape index (κ1) is 20.1. The number of ketones is 1. The summed E-state index contributed by atoms with van der Waals surface area (Å²) < 4.78 is 10.9. The number of Topliss-reactive ketones (excluding diaryl/α,β-unsaturated/α-hetero) is 1. The van der Waals surface area contributed by atoms with Gasteiger partial charge in [0.05, 0.1) is 17.5 Å². The number of halogens is 1. The van der Waals surface area contributed by atoms with Crippen LogP contribution in [-0.2, 0) is 14.3 Å². The molecule has 0 spiro atoms. The monoisotopic (exact) mass is 445 g/mol. The number of methoxy groups -OCH3 is 1. The Kier molecular flexibility index (Phi) is 6.14. The Bertz CT molecular complexity index is 910. The normalized spacial score (nSPS) is 16.2. The zero-order valence-electron chi connectivity index (χ0n) is 15.6. The average molecular weight is 446 g/mol. The van der Waals surface area contributed by atoms with Crippen LogP contribution in [0.25, 0.3) is 0 Å². The van der Waals surface area contributed by atoms with Crippen molar-refractivity contribution in [3.05, 3.63) is 58.1 Å². The number of amides is 1. The van der Waals surface area contributed by atoms with Crippen LogP contribution in [-0.4, -0.2) is 37.9 Å². The van der Waals surface area contributed by atoms with E-state index in [1.807, 2.05) is 31.2 Å². The fourth-order valence-electron chi connectivity index (χ4n) is 3.02. The van der Waals surface area contributed by atoms with Crippen molar-refractivity contribution in [3.8, 4) is 5.75 Å². The van der Waals surface area contributed by atoms with Crippen molar-refractivity contribution in [1.29, 1.82) is 0 Å². The highest BCUT2D eigenvalue weighted by atomic mass is 79.9. The van der Waals surface area contributed by atoms with E-state index in [1.54, 1.807) is 23.1 Å². The molecule has 1 amide bonds. The Morgan fingerprint density at radius 3 is 2.54 bits per heavy atom. The summed E-state index contributed by atoms with van der Waals surface area (Å²) in [6, 6.07) is 12.4. The van der Waals surface area contributed by atoms with Crippen LogP contribution in [0.2, 0.25) is 0 Å². The van der Waals surface area contributed by atoms with Gasteiger partial charge in [0, 0.05) is 24.2 Å². The molecule has 0 bridgehead atoms. The molecule has 1 atom stereocenters. The first-order chi connectivity index (χ1) is 13.4. The molecule has 0 aromatic heterocycles. The van der Waals surface area contributed by atoms with Gasteiger partial charge in [-0.1, -0.05) is 17.7 Å². The van der Waals surface area contributed by atoms with E-state index in [-0.39, 0.29) is 31.3 Å². The van der Waals surface area contributed by atoms with Crippen LogP contribution in [0.15, 0.2) is 46.9 Å². The third kappa shape index (κ3) is 4.42. The number of hydrogen-bond acceptors (Lipinski definition) is 5. The molecule has 1 aliphatic rings. The smallest absolute Gasteiger partial charge is 0.311 e. The van der Waals surface area contributed by atoms with E-state index in [4.69, 9.17) is 9.47 Å². The standard InChI is InChI=1S/C21H20BrNO5/c1-13-3-6-16(7-4-13)23-11-15(10-20(23)25)21(26)28-12-18(24)14-5-8-19(27-2)17(22)9-14/h3-9,15H,10-12H2,1-2H3/t15-/m1/s1. The van der Waals surface area contributed by atoms with Gasteiger partial charge in [-0.2, -0.15) is 0 Å². The fraction of sp³-hybridized carbons (Fsp3) is 0.286. The summed E-state index contributed by atoms with van der Waals surface area (Å²) in [5.41, 5.74) is 2.25. The highest BCUT2D eigenvalue weighted by Crippen LogP contribution is 2.27. The lowest BCUT2D eigenvalue weighted by molar-refractivity contribution is -0.147.